The van der Waals surface area contributed by atoms with E-state index in [4.69, 9.17) is 10.2 Å². The minimum absolute atomic E-state index is 0.708. The van der Waals surface area contributed by atoms with Gasteiger partial charge in [0.2, 0.25) is 0 Å². The Labute approximate surface area is 68.8 Å². The van der Waals surface area contributed by atoms with E-state index in [1.807, 2.05) is 6.92 Å². The average Bonchev–Trinajstić information content (AvgIpc) is 1.87. The maximum Gasteiger partial charge on any atom is 0.516 e. The third-order valence-corrected chi connectivity index (χ3v) is 0.581. The lowest BCUT2D eigenvalue weighted by atomic mass is 10.4. The number of carbonyl (C=O) groups excluding carboxylic acids is 1. The fourth-order valence-corrected chi connectivity index (χ4v) is 0.193. The second-order valence-corrected chi connectivity index (χ2v) is 1.59. The number of hydrogen-bond donors (Lipinski definition) is 2. The Hall–Kier alpha value is -1.59. The van der Waals surface area contributed by atoms with Crippen molar-refractivity contribution in [3.63, 3.8) is 0 Å². The Kier molecular flexibility index (Phi) is 10.2. The normalized spacial score (nSPS) is 7.42. The average molecular weight is 178 g/mol. The highest BCUT2D eigenvalue weighted by atomic mass is 16.7. The van der Waals surface area contributed by atoms with Crippen LogP contribution in [-0.2, 0) is 9.53 Å². The van der Waals surface area contributed by atoms with Gasteiger partial charge in [-0.2, -0.15) is 0 Å². The minimum atomic E-state index is -1.81. The molecule has 0 aromatic carbocycles. The van der Waals surface area contributed by atoms with Crippen LogP contribution in [0.15, 0.2) is 0 Å². The van der Waals surface area contributed by atoms with Gasteiger partial charge in [0.25, 0.3) is 0 Å². The molecule has 0 aliphatic heterocycles. The van der Waals surface area contributed by atoms with E-state index in [1.165, 1.54) is 0 Å². The van der Waals surface area contributed by atoms with E-state index in [-0.39, 0.29) is 0 Å². The predicted molar refractivity (Wildman–Crippen MR) is 38.1 cm³/mol. The second-order valence-electron chi connectivity index (χ2n) is 1.59. The second kappa shape index (κ2) is 9.41. The first-order valence-corrected chi connectivity index (χ1v) is 3.11. The molecule has 0 atom stereocenters. The van der Waals surface area contributed by atoms with Crippen molar-refractivity contribution in [1.82, 2.24) is 0 Å². The molecule has 0 amide bonds. The highest BCUT2D eigenvalue weighted by molar-refractivity contribution is 5.74. The zero-order valence-corrected chi connectivity index (χ0v) is 6.52. The topological polar surface area (TPSA) is 101 Å². The largest absolute Gasteiger partial charge is 0.516 e. The van der Waals surface area contributed by atoms with E-state index in [0.29, 0.717) is 6.42 Å². The maximum absolute atomic E-state index is 9.40. The van der Waals surface area contributed by atoms with Crippen LogP contribution in [0.1, 0.15) is 19.8 Å². The van der Waals surface area contributed by atoms with Gasteiger partial charge in [-0.05, 0) is 6.42 Å². The lowest BCUT2D eigenvalue weighted by molar-refractivity contribution is -0.107. The summed E-state index contributed by atoms with van der Waals surface area (Å²) in [5.74, 6) is 0. The van der Waals surface area contributed by atoms with Crippen molar-refractivity contribution >= 4 is 18.6 Å². The van der Waals surface area contributed by atoms with Crippen LogP contribution in [-0.4, -0.2) is 28.8 Å². The van der Waals surface area contributed by atoms with Crippen LogP contribution < -0.4 is 0 Å². The molecule has 0 aliphatic rings. The molecular formula is C6H10O6. The number of ether oxygens (including phenoxy) is 1. The summed E-state index contributed by atoms with van der Waals surface area (Å²) >= 11 is 0. The Balaban J connectivity index is 0. The molecule has 0 rings (SSSR count). The summed E-state index contributed by atoms with van der Waals surface area (Å²) in [6.45, 7) is 1.98. The standard InChI is InChI=1S/C4H8O.C2H2O5/c1-2-3-4-5;3-1(4)7-2(5)6/h4H,2-3H2,1H3;(H,3,4)(H,5,6). The first-order chi connectivity index (χ1) is 5.54. The molecule has 0 aromatic rings. The van der Waals surface area contributed by atoms with Crippen LogP contribution in [0.25, 0.3) is 0 Å². The summed E-state index contributed by atoms with van der Waals surface area (Å²) in [6, 6.07) is 0. The zero-order valence-electron chi connectivity index (χ0n) is 6.52. The smallest absolute Gasteiger partial charge is 0.449 e. The monoisotopic (exact) mass is 178 g/mol. The van der Waals surface area contributed by atoms with Gasteiger partial charge >= 0.3 is 12.3 Å². The zero-order chi connectivity index (χ0) is 9.98. The van der Waals surface area contributed by atoms with Gasteiger partial charge in [0.05, 0.1) is 0 Å². The molecule has 0 radical (unpaired) electrons. The molecular weight excluding hydrogens is 168 g/mol. The Bertz CT molecular complexity index is 140. The van der Waals surface area contributed by atoms with Gasteiger partial charge in [-0.3, -0.25) is 0 Å². The molecule has 0 saturated carbocycles. The van der Waals surface area contributed by atoms with Gasteiger partial charge in [0.15, 0.2) is 0 Å². The lowest BCUT2D eigenvalue weighted by Crippen LogP contribution is -2.05. The van der Waals surface area contributed by atoms with Crippen molar-refractivity contribution in [3.05, 3.63) is 0 Å². The van der Waals surface area contributed by atoms with Gasteiger partial charge in [-0.15, -0.1) is 0 Å². The molecule has 0 bridgehead atoms. The van der Waals surface area contributed by atoms with Gasteiger partial charge in [0.1, 0.15) is 6.29 Å². The van der Waals surface area contributed by atoms with Crippen molar-refractivity contribution < 1.29 is 29.3 Å². The van der Waals surface area contributed by atoms with Crippen LogP contribution >= 0.6 is 0 Å². The minimum Gasteiger partial charge on any atom is -0.449 e. The first-order valence-electron chi connectivity index (χ1n) is 3.11. The fraction of sp³-hybridized carbons (Fsp3) is 0.500. The summed E-state index contributed by atoms with van der Waals surface area (Å²) in [5, 5.41) is 15.0. The quantitative estimate of drug-likeness (QED) is 0.376. The van der Waals surface area contributed by atoms with Crippen molar-refractivity contribution in [3.8, 4) is 0 Å². The third-order valence-electron chi connectivity index (χ3n) is 0.581. The maximum atomic E-state index is 9.40. The first kappa shape index (κ1) is 13.0. The number of rotatable bonds is 2. The number of hydrogen-bond acceptors (Lipinski definition) is 4. The number of unbranched alkanes of at least 4 members (excludes halogenated alkanes) is 1. The van der Waals surface area contributed by atoms with Gasteiger partial charge in [-0.1, -0.05) is 6.92 Å². The molecule has 0 aromatic heterocycles. The number of aldehydes is 1. The highest BCUT2D eigenvalue weighted by Gasteiger charge is 2.01. The molecule has 0 saturated heterocycles. The lowest BCUT2D eigenvalue weighted by Gasteiger charge is -1.84. The van der Waals surface area contributed by atoms with Crippen LogP contribution in [0.4, 0.5) is 9.59 Å². The van der Waals surface area contributed by atoms with E-state index in [2.05, 4.69) is 4.74 Å². The molecule has 0 unspecified atom stereocenters. The fourth-order valence-electron chi connectivity index (χ4n) is 0.193. The summed E-state index contributed by atoms with van der Waals surface area (Å²) in [6.07, 6.45) is -1.01. The SMILES string of the molecule is CCCC=O.O=C(O)OC(=O)O. The van der Waals surface area contributed by atoms with Crippen LogP contribution in [0.2, 0.25) is 0 Å². The molecule has 70 valence electrons. The van der Waals surface area contributed by atoms with Crippen LogP contribution in [0.5, 0.6) is 0 Å². The molecule has 0 fully saturated rings. The van der Waals surface area contributed by atoms with E-state index in [1.54, 1.807) is 0 Å². The molecule has 0 heterocycles. The summed E-state index contributed by atoms with van der Waals surface area (Å²) in [5.41, 5.74) is 0. The molecule has 6 nitrogen and oxygen atoms in total. The number of carbonyl (C=O) groups is 3. The van der Waals surface area contributed by atoms with Crippen molar-refractivity contribution in [2.75, 3.05) is 0 Å². The van der Waals surface area contributed by atoms with Crippen molar-refractivity contribution in [2.24, 2.45) is 0 Å². The summed E-state index contributed by atoms with van der Waals surface area (Å²) in [4.78, 5) is 27.8. The molecule has 0 spiro atoms. The van der Waals surface area contributed by atoms with Crippen molar-refractivity contribution in [1.29, 1.82) is 0 Å². The highest BCUT2D eigenvalue weighted by Crippen LogP contribution is 1.75. The van der Waals surface area contributed by atoms with E-state index >= 15 is 0 Å². The van der Waals surface area contributed by atoms with Gasteiger partial charge < -0.3 is 19.7 Å². The molecule has 12 heavy (non-hydrogen) atoms. The predicted octanol–water partition coefficient (Wildman–Crippen LogP) is 1.34. The molecule has 0 aliphatic carbocycles. The Morgan fingerprint density at radius 1 is 1.33 bits per heavy atom. The van der Waals surface area contributed by atoms with Crippen molar-refractivity contribution in [2.45, 2.75) is 19.8 Å². The molecule has 6 heteroatoms. The Morgan fingerprint density at radius 2 is 1.75 bits per heavy atom. The Morgan fingerprint density at radius 3 is 1.75 bits per heavy atom. The van der Waals surface area contributed by atoms with E-state index < -0.39 is 12.3 Å². The number of carboxylic acid groups (broad SMARTS) is 2. The third kappa shape index (κ3) is 23.7. The van der Waals surface area contributed by atoms with Gasteiger partial charge in [0, 0.05) is 6.42 Å². The van der Waals surface area contributed by atoms with E-state index in [0.717, 1.165) is 12.7 Å². The van der Waals surface area contributed by atoms with Crippen LogP contribution in [0.3, 0.4) is 0 Å². The summed E-state index contributed by atoms with van der Waals surface area (Å²) in [7, 11) is 0. The van der Waals surface area contributed by atoms with E-state index in [9.17, 15) is 14.4 Å². The summed E-state index contributed by atoms with van der Waals surface area (Å²) < 4.78 is 3.08. The van der Waals surface area contributed by atoms with Crippen LogP contribution in [0, 0.1) is 0 Å². The van der Waals surface area contributed by atoms with Gasteiger partial charge in [-0.25, -0.2) is 9.59 Å². The molecule has 2 N–H and O–H groups in total.